The fourth-order valence-corrected chi connectivity index (χ4v) is 5.44. The van der Waals surface area contributed by atoms with Crippen molar-refractivity contribution >= 4 is 34.6 Å². The molecule has 0 radical (unpaired) electrons. The number of nitrogens with zero attached hydrogens (tertiary/aromatic N) is 4. The molecule has 3 aromatic rings. The normalized spacial score (nSPS) is 20.1. The summed E-state index contributed by atoms with van der Waals surface area (Å²) in [4.78, 5) is 28.3. The van der Waals surface area contributed by atoms with Crippen LogP contribution in [0.2, 0.25) is 0 Å². The minimum Gasteiger partial charge on any atom is -0.272 e. The van der Waals surface area contributed by atoms with E-state index in [1.807, 2.05) is 107 Å². The highest BCUT2D eigenvalue weighted by molar-refractivity contribution is 6.20. The van der Waals surface area contributed by atoms with Crippen molar-refractivity contribution in [3.05, 3.63) is 95.1 Å². The molecule has 6 heteroatoms. The largest absolute Gasteiger partial charge is 0.272 e. The van der Waals surface area contributed by atoms with Gasteiger partial charge >= 0.3 is 0 Å². The average Bonchev–Trinajstić information content (AvgIpc) is 3.43. The SMILES string of the molecule is CCC1=NN(c2ccc(C)cc2)C(=O)C1C(c1ccc(C)cc1)C1C(=O)N(c2ccc(C)cc2)N=C1CC. The summed E-state index contributed by atoms with van der Waals surface area (Å²) in [6.45, 7) is 10.1. The summed E-state index contributed by atoms with van der Waals surface area (Å²) in [6.07, 6.45) is 1.23. The number of carbonyl (C=O) groups is 2. The minimum atomic E-state index is -0.562. The van der Waals surface area contributed by atoms with Crippen LogP contribution in [0.3, 0.4) is 0 Å². The third kappa shape index (κ3) is 4.55. The Kier molecular flexibility index (Phi) is 6.98. The lowest BCUT2D eigenvalue weighted by molar-refractivity contribution is -0.122. The summed E-state index contributed by atoms with van der Waals surface area (Å²) in [5, 5.41) is 12.6. The van der Waals surface area contributed by atoms with E-state index in [0.717, 1.165) is 45.1 Å². The van der Waals surface area contributed by atoms with Crippen LogP contribution < -0.4 is 10.0 Å². The quantitative estimate of drug-likeness (QED) is 0.365. The summed E-state index contributed by atoms with van der Waals surface area (Å²) in [7, 11) is 0. The number of hydrogen-bond donors (Lipinski definition) is 0. The van der Waals surface area contributed by atoms with Crippen LogP contribution in [0, 0.1) is 32.6 Å². The molecule has 38 heavy (non-hydrogen) atoms. The Morgan fingerprint density at radius 2 is 0.947 bits per heavy atom. The van der Waals surface area contributed by atoms with E-state index in [1.54, 1.807) is 0 Å². The number of amides is 2. The molecule has 0 saturated carbocycles. The molecule has 0 fully saturated rings. The average molecular weight is 507 g/mol. The standard InChI is InChI=1S/C32H34N4O2/c1-6-26-29(31(37)35(33-26)24-16-10-21(4)11-17-24)28(23-14-8-20(3)9-15-23)30-27(7-2)34-36(32(30)38)25-18-12-22(5)13-19-25/h8-19,28-30H,6-7H2,1-5H3. The molecule has 0 bridgehead atoms. The molecule has 0 spiro atoms. The highest BCUT2D eigenvalue weighted by Gasteiger charge is 2.51. The van der Waals surface area contributed by atoms with E-state index in [0.29, 0.717) is 12.8 Å². The van der Waals surface area contributed by atoms with E-state index >= 15 is 0 Å². The third-order valence-corrected chi connectivity index (χ3v) is 7.59. The second-order valence-corrected chi connectivity index (χ2v) is 10.3. The highest BCUT2D eigenvalue weighted by Crippen LogP contribution is 2.43. The van der Waals surface area contributed by atoms with Crippen molar-refractivity contribution in [3.63, 3.8) is 0 Å². The summed E-state index contributed by atoms with van der Waals surface area (Å²) in [5.41, 5.74) is 7.36. The van der Waals surface area contributed by atoms with Crippen LogP contribution in [0.5, 0.6) is 0 Å². The molecule has 0 aliphatic carbocycles. The molecule has 2 aliphatic heterocycles. The molecule has 194 valence electrons. The molecule has 2 unspecified atom stereocenters. The molecule has 3 aromatic carbocycles. The fourth-order valence-electron chi connectivity index (χ4n) is 5.44. The molecule has 5 rings (SSSR count). The summed E-state index contributed by atoms with van der Waals surface area (Å²) in [5.74, 6) is -1.75. The molecule has 0 saturated heterocycles. The maximum Gasteiger partial charge on any atom is 0.256 e. The zero-order valence-electron chi connectivity index (χ0n) is 22.7. The molecule has 6 nitrogen and oxygen atoms in total. The van der Waals surface area contributed by atoms with Crippen molar-refractivity contribution in [2.75, 3.05) is 10.0 Å². The molecule has 2 heterocycles. The van der Waals surface area contributed by atoms with Crippen molar-refractivity contribution in [1.82, 2.24) is 0 Å². The number of aryl methyl sites for hydroxylation is 3. The number of hydrogen-bond acceptors (Lipinski definition) is 4. The van der Waals surface area contributed by atoms with Gasteiger partial charge in [0.25, 0.3) is 11.8 Å². The van der Waals surface area contributed by atoms with E-state index in [-0.39, 0.29) is 11.8 Å². The first-order valence-corrected chi connectivity index (χ1v) is 13.3. The molecular weight excluding hydrogens is 472 g/mol. The van der Waals surface area contributed by atoms with Crippen molar-refractivity contribution in [2.45, 2.75) is 53.4 Å². The van der Waals surface area contributed by atoms with E-state index < -0.39 is 17.8 Å². The zero-order chi connectivity index (χ0) is 27.0. The predicted molar refractivity (Wildman–Crippen MR) is 154 cm³/mol. The molecule has 0 N–H and O–H groups in total. The summed E-state index contributed by atoms with van der Waals surface area (Å²) in [6, 6.07) is 23.8. The molecule has 2 amide bonds. The van der Waals surface area contributed by atoms with Crippen molar-refractivity contribution in [3.8, 4) is 0 Å². The highest BCUT2D eigenvalue weighted by atomic mass is 16.2. The topological polar surface area (TPSA) is 65.3 Å². The lowest BCUT2D eigenvalue weighted by Gasteiger charge is -2.29. The van der Waals surface area contributed by atoms with E-state index in [4.69, 9.17) is 10.2 Å². The van der Waals surface area contributed by atoms with Crippen LogP contribution >= 0.6 is 0 Å². The van der Waals surface area contributed by atoms with E-state index in [2.05, 4.69) is 0 Å². The van der Waals surface area contributed by atoms with Crippen LogP contribution in [0.15, 0.2) is 83.0 Å². The van der Waals surface area contributed by atoms with Crippen LogP contribution in [-0.2, 0) is 9.59 Å². The van der Waals surface area contributed by atoms with Crippen LogP contribution in [-0.4, -0.2) is 23.2 Å². The predicted octanol–water partition coefficient (Wildman–Crippen LogP) is 6.55. The van der Waals surface area contributed by atoms with Gasteiger partial charge in [-0.05, 0) is 63.4 Å². The maximum atomic E-state index is 14.1. The molecule has 2 aliphatic rings. The first-order chi connectivity index (χ1) is 18.3. The van der Waals surface area contributed by atoms with E-state index in [1.165, 1.54) is 10.0 Å². The number of benzene rings is 3. The Morgan fingerprint density at radius 1 is 0.605 bits per heavy atom. The van der Waals surface area contributed by atoms with Gasteiger partial charge in [-0.15, -0.1) is 0 Å². The maximum absolute atomic E-state index is 14.1. The summed E-state index contributed by atoms with van der Waals surface area (Å²) >= 11 is 0. The first-order valence-electron chi connectivity index (χ1n) is 13.3. The Bertz CT molecular complexity index is 1320. The van der Waals surface area contributed by atoms with Gasteiger partial charge in [-0.3, -0.25) is 9.59 Å². The molecular formula is C32H34N4O2. The Balaban J connectivity index is 1.60. The fraction of sp³-hybridized carbons (Fsp3) is 0.312. The third-order valence-electron chi connectivity index (χ3n) is 7.59. The number of hydrazone groups is 2. The Labute approximate surface area is 224 Å². The van der Waals surface area contributed by atoms with Gasteiger partial charge in [0.15, 0.2) is 0 Å². The van der Waals surface area contributed by atoms with Gasteiger partial charge in [-0.25, -0.2) is 10.0 Å². The zero-order valence-corrected chi connectivity index (χ0v) is 22.7. The summed E-state index contributed by atoms with van der Waals surface area (Å²) < 4.78 is 0. The number of carbonyl (C=O) groups excluding carboxylic acids is 2. The lowest BCUT2D eigenvalue weighted by Crippen LogP contribution is -2.40. The van der Waals surface area contributed by atoms with Crippen LogP contribution in [0.4, 0.5) is 11.4 Å². The Hall–Kier alpha value is -4.06. The lowest BCUT2D eigenvalue weighted by atomic mass is 9.71. The van der Waals surface area contributed by atoms with Gasteiger partial charge in [-0.1, -0.05) is 79.1 Å². The second-order valence-electron chi connectivity index (χ2n) is 10.3. The second kappa shape index (κ2) is 10.4. The Morgan fingerprint density at radius 3 is 1.29 bits per heavy atom. The van der Waals surface area contributed by atoms with Gasteiger partial charge in [0.1, 0.15) is 0 Å². The van der Waals surface area contributed by atoms with Crippen molar-refractivity contribution < 1.29 is 9.59 Å². The number of rotatable bonds is 7. The van der Waals surface area contributed by atoms with E-state index in [9.17, 15) is 9.59 Å². The van der Waals surface area contributed by atoms with Crippen LogP contribution in [0.25, 0.3) is 0 Å². The first kappa shape index (κ1) is 25.6. The molecule has 0 aromatic heterocycles. The molecule has 2 atom stereocenters. The van der Waals surface area contributed by atoms with Gasteiger partial charge in [0, 0.05) is 5.92 Å². The van der Waals surface area contributed by atoms with Crippen LogP contribution in [0.1, 0.15) is 54.9 Å². The van der Waals surface area contributed by atoms with Crippen molar-refractivity contribution in [1.29, 1.82) is 0 Å². The minimum absolute atomic E-state index is 0.103. The van der Waals surface area contributed by atoms with Gasteiger partial charge in [-0.2, -0.15) is 10.2 Å². The monoisotopic (exact) mass is 506 g/mol. The van der Waals surface area contributed by atoms with Gasteiger partial charge < -0.3 is 0 Å². The number of anilines is 2. The van der Waals surface area contributed by atoms with Gasteiger partial charge in [0.2, 0.25) is 0 Å². The smallest absolute Gasteiger partial charge is 0.256 e. The van der Waals surface area contributed by atoms with Crippen molar-refractivity contribution in [2.24, 2.45) is 22.0 Å². The van der Waals surface area contributed by atoms with Gasteiger partial charge in [0.05, 0.1) is 34.6 Å².